The average molecular weight is 981 g/mol. The minimum absolute atomic E-state index is 0.0272. The standard InChI is InChI=1S/C55H59F3N10O4/c1-2-37-42(56)10-6-34-4-3-5-39(46(34)37)49-48(58)50-40(28-59-49)51(67-30-35-7-8-36(31-67)60-35)63-54(62-50)72-27-26-64-22-16-55(17-23-64)18-24-65(25-19-55)29-33-14-20-66(21-15-33)43-11-9-38-41(47(43)57)32-68(53(38)71)44-12-13-45(69)61-52(44)70/h1,3-6,9-11,28,33,35-36,44,60H,7-8,12-27,29-32H2,(H,61,69,70). The van der Waals surface area contributed by atoms with Gasteiger partial charge in [0.15, 0.2) is 11.6 Å². The summed E-state index contributed by atoms with van der Waals surface area (Å²) in [5.74, 6) is 0.806. The molecule has 2 N–H and O–H groups in total. The molecule has 9 heterocycles. The molecule has 3 unspecified atom stereocenters. The van der Waals surface area contributed by atoms with Crippen molar-refractivity contribution in [3.63, 3.8) is 0 Å². The number of hydrogen-bond acceptors (Lipinski definition) is 12. The molecule has 5 aromatic rings. The Hall–Kier alpha value is -6.35. The highest BCUT2D eigenvalue weighted by molar-refractivity contribution is 6.06. The van der Waals surface area contributed by atoms with Gasteiger partial charge in [0.2, 0.25) is 11.8 Å². The summed E-state index contributed by atoms with van der Waals surface area (Å²) in [6.07, 6.45) is 16.5. The highest BCUT2D eigenvalue weighted by Crippen LogP contribution is 2.43. The summed E-state index contributed by atoms with van der Waals surface area (Å²) in [6, 6.07) is 11.7. The number of carbonyl (C=O) groups excluding carboxylic acids is 3. The number of benzene rings is 3. The number of piperidine rings is 4. The Bertz CT molecular complexity index is 3020. The molecule has 7 aliphatic rings. The fraction of sp³-hybridized carbons (Fsp3) is 0.491. The first kappa shape index (κ1) is 46.7. The molecule has 374 valence electrons. The van der Waals surface area contributed by atoms with Crippen molar-refractivity contribution in [2.24, 2.45) is 11.3 Å². The summed E-state index contributed by atoms with van der Waals surface area (Å²) < 4.78 is 54.4. The van der Waals surface area contributed by atoms with E-state index in [1.807, 2.05) is 6.07 Å². The number of imide groups is 1. The summed E-state index contributed by atoms with van der Waals surface area (Å²) in [5, 5.41) is 7.59. The molecule has 3 atom stereocenters. The van der Waals surface area contributed by atoms with Crippen molar-refractivity contribution in [1.82, 2.24) is 40.3 Å². The maximum atomic E-state index is 17.0. The Labute approximate surface area is 416 Å². The lowest BCUT2D eigenvalue weighted by Gasteiger charge is -2.47. The van der Waals surface area contributed by atoms with Crippen LogP contribution in [0.25, 0.3) is 32.9 Å². The van der Waals surface area contributed by atoms with Crippen molar-refractivity contribution in [3.05, 3.63) is 82.8 Å². The second-order valence-electron chi connectivity index (χ2n) is 21.3. The average Bonchev–Trinajstić information content (AvgIpc) is 3.92. The molecular weight excluding hydrogens is 922 g/mol. The van der Waals surface area contributed by atoms with Gasteiger partial charge >= 0.3 is 6.01 Å². The Morgan fingerprint density at radius 1 is 0.806 bits per heavy atom. The van der Waals surface area contributed by atoms with Crippen molar-refractivity contribution < 1.29 is 32.3 Å². The summed E-state index contributed by atoms with van der Waals surface area (Å²) >= 11 is 0. The summed E-state index contributed by atoms with van der Waals surface area (Å²) in [4.78, 5) is 62.4. The molecule has 72 heavy (non-hydrogen) atoms. The van der Waals surface area contributed by atoms with E-state index in [2.05, 4.69) is 46.1 Å². The first-order chi connectivity index (χ1) is 35.0. The molecule has 0 aliphatic carbocycles. The van der Waals surface area contributed by atoms with Crippen LogP contribution in [0.1, 0.15) is 85.7 Å². The van der Waals surface area contributed by atoms with E-state index in [1.165, 1.54) is 23.8 Å². The lowest BCUT2D eigenvalue weighted by atomic mass is 9.71. The second-order valence-corrected chi connectivity index (χ2v) is 21.3. The maximum Gasteiger partial charge on any atom is 0.319 e. The third kappa shape index (κ3) is 8.58. The molecule has 0 saturated carbocycles. The fourth-order valence-electron chi connectivity index (χ4n) is 13.0. The third-order valence-electron chi connectivity index (χ3n) is 17.1. The van der Waals surface area contributed by atoms with Gasteiger partial charge in [0.05, 0.1) is 23.2 Å². The van der Waals surface area contributed by atoms with Crippen LogP contribution >= 0.6 is 0 Å². The zero-order valence-corrected chi connectivity index (χ0v) is 40.4. The van der Waals surface area contributed by atoms with Gasteiger partial charge in [-0.2, -0.15) is 9.97 Å². The van der Waals surface area contributed by atoms with E-state index in [0.717, 1.165) is 97.4 Å². The van der Waals surface area contributed by atoms with E-state index < -0.39 is 23.6 Å². The molecule has 7 aliphatic heterocycles. The van der Waals surface area contributed by atoms with Crippen LogP contribution in [0.3, 0.4) is 0 Å². The number of carbonyl (C=O) groups is 3. The Balaban J connectivity index is 0.646. The number of terminal acetylenes is 1. The highest BCUT2D eigenvalue weighted by Gasteiger charge is 2.42. The number of amides is 3. The van der Waals surface area contributed by atoms with Crippen LogP contribution in [0.2, 0.25) is 0 Å². The molecule has 14 nitrogen and oxygen atoms in total. The minimum atomic E-state index is -0.774. The van der Waals surface area contributed by atoms with Crippen molar-refractivity contribution in [2.45, 2.75) is 88.9 Å². The van der Waals surface area contributed by atoms with Crippen molar-refractivity contribution in [2.75, 3.05) is 81.9 Å². The number of anilines is 2. The van der Waals surface area contributed by atoms with Crippen LogP contribution < -0.4 is 25.2 Å². The van der Waals surface area contributed by atoms with E-state index in [-0.39, 0.29) is 59.8 Å². The molecule has 0 radical (unpaired) electrons. The van der Waals surface area contributed by atoms with Crippen LogP contribution in [0.5, 0.6) is 6.01 Å². The van der Waals surface area contributed by atoms with Gasteiger partial charge in [-0.25, -0.2) is 13.2 Å². The molecule has 3 aromatic carbocycles. The lowest BCUT2D eigenvalue weighted by Crippen LogP contribution is -2.52. The largest absolute Gasteiger partial charge is 0.462 e. The zero-order chi connectivity index (χ0) is 49.3. The number of aromatic nitrogens is 3. The molecule has 3 amide bonds. The predicted molar refractivity (Wildman–Crippen MR) is 267 cm³/mol. The van der Waals surface area contributed by atoms with Crippen LogP contribution in [0.4, 0.5) is 24.7 Å². The summed E-state index contributed by atoms with van der Waals surface area (Å²) in [6.45, 7) is 9.18. The first-order valence-corrected chi connectivity index (χ1v) is 25.9. The molecule has 17 heteroatoms. The monoisotopic (exact) mass is 980 g/mol. The van der Waals surface area contributed by atoms with Crippen LogP contribution in [-0.4, -0.2) is 138 Å². The van der Waals surface area contributed by atoms with Gasteiger partial charge in [0.1, 0.15) is 35.5 Å². The Morgan fingerprint density at radius 3 is 2.29 bits per heavy atom. The summed E-state index contributed by atoms with van der Waals surface area (Å²) in [7, 11) is 0. The first-order valence-electron chi connectivity index (χ1n) is 25.9. The number of hydrogen-bond donors (Lipinski definition) is 2. The topological polar surface area (TPSA) is 139 Å². The van der Waals surface area contributed by atoms with E-state index in [4.69, 9.17) is 16.1 Å². The van der Waals surface area contributed by atoms with Gasteiger partial charge in [-0.3, -0.25) is 29.6 Å². The number of rotatable bonds is 10. The molecule has 6 fully saturated rings. The van der Waals surface area contributed by atoms with E-state index in [9.17, 15) is 18.8 Å². The van der Waals surface area contributed by atoms with Gasteiger partial charge in [0, 0.05) is 86.0 Å². The van der Waals surface area contributed by atoms with Crippen LogP contribution in [0.15, 0.2) is 48.7 Å². The zero-order valence-electron chi connectivity index (χ0n) is 40.4. The molecule has 12 rings (SSSR count). The molecule has 1 spiro atoms. The van der Waals surface area contributed by atoms with Gasteiger partial charge in [-0.05, 0) is 119 Å². The number of nitrogens with one attached hydrogen (secondary N) is 2. The molecular formula is C55H59F3N10O4. The number of ether oxygens (including phenoxy) is 1. The van der Waals surface area contributed by atoms with E-state index in [1.54, 1.807) is 36.5 Å². The molecule has 2 aromatic heterocycles. The predicted octanol–water partition coefficient (Wildman–Crippen LogP) is 6.42. The molecule has 2 bridgehead atoms. The van der Waals surface area contributed by atoms with Crippen molar-refractivity contribution >= 4 is 50.9 Å². The number of fused-ring (bicyclic) bond motifs is 5. The summed E-state index contributed by atoms with van der Waals surface area (Å²) in [5.41, 5.74) is 2.06. The van der Waals surface area contributed by atoms with Crippen molar-refractivity contribution in [1.29, 1.82) is 0 Å². The lowest BCUT2D eigenvalue weighted by molar-refractivity contribution is -0.136. The highest BCUT2D eigenvalue weighted by atomic mass is 19.1. The SMILES string of the molecule is C#Cc1c(F)ccc2cccc(-c3ncc4c(N5CC6CCC(C5)N6)nc(OCCN5CCC6(CC5)CCN(CC5CCN(c7ccc8c(c7F)CN(C7CCC(=O)NC7=O)C8=O)CC5)CC6)nc4c3F)c12. The van der Waals surface area contributed by atoms with Gasteiger partial charge in [-0.1, -0.05) is 30.2 Å². The quantitative estimate of drug-likeness (QED) is 0.118. The minimum Gasteiger partial charge on any atom is -0.462 e. The number of nitrogens with zero attached hydrogens (tertiary/aromatic N) is 8. The normalized spacial score (nSPS) is 23.8. The van der Waals surface area contributed by atoms with Crippen molar-refractivity contribution in [3.8, 4) is 29.6 Å². The Kier molecular flexibility index (Phi) is 12.3. The van der Waals surface area contributed by atoms with Gasteiger partial charge in [-0.15, -0.1) is 6.42 Å². The number of halogens is 3. The fourth-order valence-corrected chi connectivity index (χ4v) is 13.0. The van der Waals surface area contributed by atoms with E-state index in [0.29, 0.717) is 80.9 Å². The van der Waals surface area contributed by atoms with Crippen LogP contribution in [-0.2, 0) is 16.1 Å². The molecule has 6 saturated heterocycles. The van der Waals surface area contributed by atoms with Gasteiger partial charge in [0.25, 0.3) is 5.91 Å². The Morgan fingerprint density at radius 2 is 1.56 bits per heavy atom. The number of pyridine rings is 1. The third-order valence-corrected chi connectivity index (χ3v) is 17.1. The number of likely N-dealkylation sites (tertiary alicyclic amines) is 2. The maximum absolute atomic E-state index is 17.0. The smallest absolute Gasteiger partial charge is 0.319 e. The van der Waals surface area contributed by atoms with Gasteiger partial charge < -0.3 is 29.7 Å². The second kappa shape index (κ2) is 18.9. The van der Waals surface area contributed by atoms with E-state index >= 15 is 8.78 Å². The van der Waals surface area contributed by atoms with Crippen LogP contribution in [0, 0.1) is 41.1 Å². The number of piperazine rings is 1.